The van der Waals surface area contributed by atoms with Crippen molar-refractivity contribution in [3.63, 3.8) is 0 Å². The Bertz CT molecular complexity index is 657. The Morgan fingerprint density at radius 1 is 1.41 bits per heavy atom. The third kappa shape index (κ3) is 2.65. The van der Waals surface area contributed by atoms with Crippen LogP contribution in [0.15, 0.2) is 18.3 Å². The lowest BCUT2D eigenvalue weighted by molar-refractivity contribution is 0.0587. The third-order valence-electron chi connectivity index (χ3n) is 4.23. The Hall–Kier alpha value is -2.11. The summed E-state index contributed by atoms with van der Waals surface area (Å²) in [5.41, 5.74) is 0.745. The molecule has 0 bridgehead atoms. The maximum atomic E-state index is 13.0. The van der Waals surface area contributed by atoms with Gasteiger partial charge in [-0.1, -0.05) is 0 Å². The monoisotopic (exact) mass is 301 g/mol. The number of aromatic nitrogens is 4. The van der Waals surface area contributed by atoms with E-state index in [2.05, 4.69) is 29.0 Å². The summed E-state index contributed by atoms with van der Waals surface area (Å²) in [4.78, 5) is 19.4. The number of nitrogens with zero attached hydrogens (tertiary/aromatic N) is 4. The predicted molar refractivity (Wildman–Crippen MR) is 83.6 cm³/mol. The van der Waals surface area contributed by atoms with Crippen molar-refractivity contribution >= 4 is 5.91 Å². The van der Waals surface area contributed by atoms with Crippen LogP contribution in [0.3, 0.4) is 0 Å². The van der Waals surface area contributed by atoms with E-state index in [1.807, 2.05) is 34.7 Å². The van der Waals surface area contributed by atoms with Gasteiger partial charge in [0.15, 0.2) is 5.82 Å². The zero-order chi connectivity index (χ0) is 15.7. The van der Waals surface area contributed by atoms with Gasteiger partial charge >= 0.3 is 0 Å². The minimum Gasteiger partial charge on any atom is -0.341 e. The summed E-state index contributed by atoms with van der Waals surface area (Å²) in [5.74, 6) is 1.59. The average molecular weight is 301 g/mol. The SMILES string of the molecule is Cc1nc([C@H]2CCCCN2C(=O)c2cccn2C(C)C)n[nH]1. The summed E-state index contributed by atoms with van der Waals surface area (Å²) in [5, 5.41) is 7.16. The van der Waals surface area contributed by atoms with Crippen LogP contribution in [-0.4, -0.2) is 37.1 Å². The highest BCUT2D eigenvalue weighted by atomic mass is 16.2. The molecule has 2 aromatic heterocycles. The van der Waals surface area contributed by atoms with E-state index in [9.17, 15) is 4.79 Å². The minimum absolute atomic E-state index is 0.0262. The van der Waals surface area contributed by atoms with Crippen molar-refractivity contribution in [3.8, 4) is 0 Å². The van der Waals surface area contributed by atoms with Gasteiger partial charge in [0, 0.05) is 18.8 Å². The lowest BCUT2D eigenvalue weighted by atomic mass is 10.0. The number of likely N-dealkylation sites (tertiary alicyclic amines) is 1. The van der Waals surface area contributed by atoms with Gasteiger partial charge < -0.3 is 9.47 Å². The lowest BCUT2D eigenvalue weighted by Gasteiger charge is -2.34. The maximum Gasteiger partial charge on any atom is 0.271 e. The highest BCUT2D eigenvalue weighted by molar-refractivity contribution is 5.93. The molecule has 1 aliphatic rings. The summed E-state index contributed by atoms with van der Waals surface area (Å²) >= 11 is 0. The number of hydrogen-bond donors (Lipinski definition) is 1. The van der Waals surface area contributed by atoms with Crippen LogP contribution in [0, 0.1) is 6.92 Å². The maximum absolute atomic E-state index is 13.0. The fourth-order valence-corrected chi connectivity index (χ4v) is 3.12. The summed E-state index contributed by atoms with van der Waals surface area (Å²) in [6.07, 6.45) is 5.03. The predicted octanol–water partition coefficient (Wildman–Crippen LogP) is 2.86. The molecule has 1 atom stereocenters. The standard InChI is InChI=1S/C16H23N5O/c1-11(2)20-10-6-8-14(20)16(22)21-9-5-4-7-13(21)15-17-12(3)18-19-15/h6,8,10-11,13H,4-5,7,9H2,1-3H3,(H,17,18,19)/t13-/m1/s1. The average Bonchev–Trinajstić information content (AvgIpc) is 3.15. The number of rotatable bonds is 3. The molecule has 0 radical (unpaired) electrons. The molecule has 1 amide bonds. The zero-order valence-electron chi connectivity index (χ0n) is 13.4. The van der Waals surface area contributed by atoms with Crippen molar-refractivity contribution in [1.29, 1.82) is 0 Å². The molecule has 0 aliphatic carbocycles. The van der Waals surface area contributed by atoms with Crippen LogP contribution in [0.5, 0.6) is 0 Å². The molecular formula is C16H23N5O. The fourth-order valence-electron chi connectivity index (χ4n) is 3.12. The number of amides is 1. The second kappa shape index (κ2) is 5.94. The van der Waals surface area contributed by atoms with Gasteiger partial charge in [0.2, 0.25) is 0 Å². The van der Waals surface area contributed by atoms with E-state index < -0.39 is 0 Å². The lowest BCUT2D eigenvalue weighted by Crippen LogP contribution is -2.40. The van der Waals surface area contributed by atoms with Gasteiger partial charge in [-0.25, -0.2) is 4.98 Å². The molecule has 3 heterocycles. The van der Waals surface area contributed by atoms with E-state index in [4.69, 9.17) is 0 Å². The van der Waals surface area contributed by atoms with Crippen LogP contribution in [-0.2, 0) is 0 Å². The molecule has 3 rings (SSSR count). The first-order valence-corrected chi connectivity index (χ1v) is 7.94. The summed E-state index contributed by atoms with van der Waals surface area (Å²) in [6.45, 7) is 6.82. The summed E-state index contributed by atoms with van der Waals surface area (Å²) in [6, 6.07) is 4.07. The van der Waals surface area contributed by atoms with Gasteiger partial charge in [-0.15, -0.1) is 0 Å². The Morgan fingerprint density at radius 3 is 2.91 bits per heavy atom. The van der Waals surface area contributed by atoms with Crippen LogP contribution in [0.25, 0.3) is 0 Å². The van der Waals surface area contributed by atoms with E-state index in [1.165, 1.54) is 0 Å². The highest BCUT2D eigenvalue weighted by Gasteiger charge is 2.32. The third-order valence-corrected chi connectivity index (χ3v) is 4.23. The molecule has 2 aromatic rings. The molecule has 1 fully saturated rings. The van der Waals surface area contributed by atoms with Crippen molar-refractivity contribution < 1.29 is 4.79 Å². The number of hydrogen-bond acceptors (Lipinski definition) is 3. The Balaban J connectivity index is 1.90. The first-order valence-electron chi connectivity index (χ1n) is 7.94. The van der Waals surface area contributed by atoms with Gasteiger partial charge in [0.1, 0.15) is 11.5 Å². The van der Waals surface area contributed by atoms with Crippen LogP contribution in [0.1, 0.15) is 67.3 Å². The first-order chi connectivity index (χ1) is 10.6. The van der Waals surface area contributed by atoms with Crippen molar-refractivity contribution in [3.05, 3.63) is 35.7 Å². The number of carbonyl (C=O) groups is 1. The van der Waals surface area contributed by atoms with Crippen molar-refractivity contribution in [2.75, 3.05) is 6.54 Å². The second-order valence-corrected chi connectivity index (χ2v) is 6.18. The topological polar surface area (TPSA) is 66.8 Å². The van der Waals surface area contributed by atoms with Crippen LogP contribution < -0.4 is 0 Å². The van der Waals surface area contributed by atoms with Crippen LogP contribution in [0.4, 0.5) is 0 Å². The number of piperidine rings is 1. The number of aryl methyl sites for hydroxylation is 1. The summed E-state index contributed by atoms with van der Waals surface area (Å²) < 4.78 is 2.03. The quantitative estimate of drug-likeness (QED) is 0.948. The van der Waals surface area contributed by atoms with Crippen LogP contribution in [0.2, 0.25) is 0 Å². The smallest absolute Gasteiger partial charge is 0.271 e. The molecule has 6 heteroatoms. The molecule has 22 heavy (non-hydrogen) atoms. The van der Waals surface area contributed by atoms with Gasteiger partial charge in [-0.3, -0.25) is 9.89 Å². The fraction of sp³-hybridized carbons (Fsp3) is 0.562. The second-order valence-electron chi connectivity index (χ2n) is 6.18. The zero-order valence-corrected chi connectivity index (χ0v) is 13.4. The highest BCUT2D eigenvalue weighted by Crippen LogP contribution is 2.30. The van der Waals surface area contributed by atoms with E-state index in [0.29, 0.717) is 0 Å². The largest absolute Gasteiger partial charge is 0.341 e. The van der Waals surface area contributed by atoms with Gasteiger partial charge in [-0.05, 0) is 52.2 Å². The van der Waals surface area contributed by atoms with Crippen molar-refractivity contribution in [1.82, 2.24) is 24.6 Å². The van der Waals surface area contributed by atoms with Gasteiger partial charge in [0.05, 0.1) is 6.04 Å². The molecular weight excluding hydrogens is 278 g/mol. The normalized spacial score (nSPS) is 18.9. The van der Waals surface area contributed by atoms with Crippen LogP contribution >= 0.6 is 0 Å². The Kier molecular flexibility index (Phi) is 4.00. The molecule has 1 aliphatic heterocycles. The van der Waals surface area contributed by atoms with Crippen molar-refractivity contribution in [2.45, 2.75) is 52.1 Å². The molecule has 0 aromatic carbocycles. The van der Waals surface area contributed by atoms with E-state index in [0.717, 1.165) is 43.1 Å². The molecule has 118 valence electrons. The molecule has 0 spiro atoms. The van der Waals surface area contributed by atoms with E-state index in [1.54, 1.807) is 0 Å². The van der Waals surface area contributed by atoms with Crippen molar-refractivity contribution in [2.24, 2.45) is 0 Å². The van der Waals surface area contributed by atoms with E-state index in [-0.39, 0.29) is 18.0 Å². The number of H-pyrrole nitrogens is 1. The molecule has 0 saturated carbocycles. The molecule has 1 saturated heterocycles. The number of nitrogens with one attached hydrogen (secondary N) is 1. The first kappa shape index (κ1) is 14.8. The summed E-state index contributed by atoms with van der Waals surface area (Å²) in [7, 11) is 0. The number of carbonyl (C=O) groups excluding carboxylic acids is 1. The molecule has 1 N–H and O–H groups in total. The Labute approximate surface area is 130 Å². The number of aromatic amines is 1. The minimum atomic E-state index is -0.0262. The van der Waals surface area contributed by atoms with Gasteiger partial charge in [-0.2, -0.15) is 5.10 Å². The Morgan fingerprint density at radius 2 is 2.23 bits per heavy atom. The molecule has 0 unspecified atom stereocenters. The molecule has 6 nitrogen and oxygen atoms in total. The van der Waals surface area contributed by atoms with E-state index >= 15 is 0 Å². The van der Waals surface area contributed by atoms with Gasteiger partial charge in [0.25, 0.3) is 5.91 Å².